The van der Waals surface area contributed by atoms with Gasteiger partial charge in [-0.3, -0.25) is 0 Å². The van der Waals surface area contributed by atoms with Crippen LogP contribution in [0.25, 0.3) is 0 Å². The SMILES string of the molecule is CC1(C)CCC[C@]2(C)[C@H]3C[C@@H](O)[C@]4(C)C5=C(C(O)OC5=O)[C@H](O)C[C@H]4[C@]3(C)CC[C@@H]12. The van der Waals surface area contributed by atoms with Crippen LogP contribution >= 0.6 is 0 Å². The second-order valence-corrected chi connectivity index (χ2v) is 12.4. The predicted molar refractivity (Wildman–Crippen MR) is 112 cm³/mol. The van der Waals surface area contributed by atoms with E-state index in [1.54, 1.807) is 0 Å². The molecule has 5 heteroatoms. The summed E-state index contributed by atoms with van der Waals surface area (Å²) in [6.07, 6.45) is 4.07. The smallest absolute Gasteiger partial charge is 0.337 e. The molecule has 0 radical (unpaired) electrons. The Balaban J connectivity index is 1.63. The zero-order valence-corrected chi connectivity index (χ0v) is 19.1. The van der Waals surface area contributed by atoms with Gasteiger partial charge in [-0.15, -0.1) is 0 Å². The highest BCUT2D eigenvalue weighted by molar-refractivity contribution is 5.94. The molecular weight excluding hydrogens is 380 g/mol. The number of esters is 1. The van der Waals surface area contributed by atoms with E-state index in [2.05, 4.69) is 27.7 Å². The van der Waals surface area contributed by atoms with E-state index in [0.717, 1.165) is 12.8 Å². The van der Waals surface area contributed by atoms with Crippen LogP contribution in [0.1, 0.15) is 79.6 Å². The van der Waals surface area contributed by atoms with E-state index in [1.165, 1.54) is 19.3 Å². The fourth-order valence-electron chi connectivity index (χ4n) is 9.56. The molecule has 1 heterocycles. The van der Waals surface area contributed by atoms with E-state index in [9.17, 15) is 20.1 Å². The highest BCUT2D eigenvalue weighted by Crippen LogP contribution is 2.73. The molecule has 0 amide bonds. The Kier molecular flexibility index (Phi) is 4.27. The van der Waals surface area contributed by atoms with Gasteiger partial charge in [0.15, 0.2) is 0 Å². The number of rotatable bonds is 0. The van der Waals surface area contributed by atoms with Gasteiger partial charge in [0.2, 0.25) is 6.29 Å². The number of carbonyl (C=O) groups excluding carboxylic acids is 1. The third-order valence-corrected chi connectivity index (χ3v) is 10.8. The van der Waals surface area contributed by atoms with Crippen LogP contribution < -0.4 is 0 Å². The Hall–Kier alpha value is -0.910. The number of hydrogen-bond donors (Lipinski definition) is 3. The summed E-state index contributed by atoms with van der Waals surface area (Å²) in [7, 11) is 0. The van der Waals surface area contributed by atoms with Crippen molar-refractivity contribution in [1.29, 1.82) is 0 Å². The Morgan fingerprint density at radius 3 is 2.23 bits per heavy atom. The van der Waals surface area contributed by atoms with Crippen molar-refractivity contribution in [3.8, 4) is 0 Å². The molecule has 0 saturated heterocycles. The molecule has 0 aromatic heterocycles. The number of carbonyl (C=O) groups is 1. The molecule has 3 N–H and O–H groups in total. The highest BCUT2D eigenvalue weighted by atomic mass is 16.6. The molecule has 5 aliphatic rings. The van der Waals surface area contributed by atoms with Crippen molar-refractivity contribution in [1.82, 2.24) is 0 Å². The van der Waals surface area contributed by atoms with Crippen molar-refractivity contribution in [3.63, 3.8) is 0 Å². The number of cyclic esters (lactones) is 1. The fraction of sp³-hybridized carbons (Fsp3) is 0.880. The third-order valence-electron chi connectivity index (χ3n) is 10.8. The van der Waals surface area contributed by atoms with Gasteiger partial charge in [-0.05, 0) is 72.5 Å². The topological polar surface area (TPSA) is 87.0 Å². The quantitative estimate of drug-likeness (QED) is 0.524. The first-order valence-corrected chi connectivity index (χ1v) is 11.9. The molecule has 0 bridgehead atoms. The van der Waals surface area contributed by atoms with Gasteiger partial charge in [0.1, 0.15) is 0 Å². The molecule has 3 saturated carbocycles. The van der Waals surface area contributed by atoms with Gasteiger partial charge in [0.05, 0.1) is 17.8 Å². The first kappa shape index (κ1) is 21.0. The summed E-state index contributed by atoms with van der Waals surface area (Å²) in [6.45, 7) is 11.6. The number of ether oxygens (including phenoxy) is 1. The minimum Gasteiger partial charge on any atom is -0.428 e. The Labute approximate surface area is 179 Å². The summed E-state index contributed by atoms with van der Waals surface area (Å²) in [6, 6.07) is 0. The molecule has 1 unspecified atom stereocenters. The molecule has 3 fully saturated rings. The molecule has 5 nitrogen and oxygen atoms in total. The van der Waals surface area contributed by atoms with Crippen molar-refractivity contribution in [2.75, 3.05) is 0 Å². The zero-order chi connectivity index (χ0) is 21.9. The van der Waals surface area contributed by atoms with Crippen LogP contribution in [0.5, 0.6) is 0 Å². The molecular formula is C25H38O5. The second kappa shape index (κ2) is 6.11. The van der Waals surface area contributed by atoms with Gasteiger partial charge in [-0.2, -0.15) is 0 Å². The largest absolute Gasteiger partial charge is 0.428 e. The number of fused-ring (bicyclic) bond motifs is 6. The van der Waals surface area contributed by atoms with Crippen molar-refractivity contribution < 1.29 is 24.9 Å². The van der Waals surface area contributed by atoms with Crippen LogP contribution in [0.2, 0.25) is 0 Å². The first-order chi connectivity index (χ1) is 13.9. The van der Waals surface area contributed by atoms with Crippen molar-refractivity contribution in [2.24, 2.45) is 39.4 Å². The number of aliphatic hydroxyl groups is 3. The lowest BCUT2D eigenvalue weighted by Gasteiger charge is -2.70. The predicted octanol–water partition coefficient (Wildman–Crippen LogP) is 3.56. The summed E-state index contributed by atoms with van der Waals surface area (Å²) in [4.78, 5) is 12.7. The molecule has 5 rings (SSSR count). The number of hydrogen-bond acceptors (Lipinski definition) is 5. The summed E-state index contributed by atoms with van der Waals surface area (Å²) in [5, 5.41) is 32.8. The van der Waals surface area contributed by atoms with E-state index in [4.69, 9.17) is 4.74 Å². The maximum absolute atomic E-state index is 12.7. The molecule has 0 aromatic carbocycles. The minimum atomic E-state index is -1.38. The average Bonchev–Trinajstić information content (AvgIpc) is 2.95. The van der Waals surface area contributed by atoms with Gasteiger partial charge < -0.3 is 20.1 Å². The molecule has 0 aromatic rings. The average molecular weight is 419 g/mol. The van der Waals surface area contributed by atoms with E-state index in [1.807, 2.05) is 6.92 Å². The maximum atomic E-state index is 12.7. The lowest BCUT2D eigenvalue weighted by molar-refractivity contribution is -0.222. The van der Waals surface area contributed by atoms with E-state index in [0.29, 0.717) is 41.2 Å². The monoisotopic (exact) mass is 418 g/mol. The minimum absolute atomic E-state index is 0.0202. The van der Waals surface area contributed by atoms with Gasteiger partial charge in [0.25, 0.3) is 0 Å². The summed E-state index contributed by atoms with van der Waals surface area (Å²) < 4.78 is 5.11. The Bertz CT molecular complexity index is 816. The molecule has 1 aliphatic heterocycles. The first-order valence-electron chi connectivity index (χ1n) is 11.9. The lowest BCUT2D eigenvalue weighted by atomic mass is 9.35. The number of aliphatic hydroxyl groups excluding tert-OH is 3. The molecule has 30 heavy (non-hydrogen) atoms. The van der Waals surface area contributed by atoms with Crippen LogP contribution in [0, 0.1) is 39.4 Å². The lowest BCUT2D eigenvalue weighted by Crippen LogP contribution is -2.66. The van der Waals surface area contributed by atoms with Crippen molar-refractivity contribution >= 4 is 5.97 Å². The Morgan fingerprint density at radius 1 is 0.867 bits per heavy atom. The van der Waals surface area contributed by atoms with Crippen LogP contribution in [-0.4, -0.2) is 39.8 Å². The summed E-state index contributed by atoms with van der Waals surface area (Å²) in [5.74, 6) is 0.403. The van der Waals surface area contributed by atoms with Crippen LogP contribution in [0.3, 0.4) is 0 Å². The van der Waals surface area contributed by atoms with Crippen molar-refractivity contribution in [2.45, 2.75) is 98.1 Å². The zero-order valence-electron chi connectivity index (χ0n) is 19.1. The Morgan fingerprint density at radius 2 is 1.53 bits per heavy atom. The maximum Gasteiger partial charge on any atom is 0.337 e. The van der Waals surface area contributed by atoms with E-state index < -0.39 is 29.9 Å². The van der Waals surface area contributed by atoms with E-state index in [-0.39, 0.29) is 16.7 Å². The summed E-state index contributed by atoms with van der Waals surface area (Å²) in [5.41, 5.74) is 0.246. The molecule has 168 valence electrons. The summed E-state index contributed by atoms with van der Waals surface area (Å²) >= 11 is 0. The van der Waals surface area contributed by atoms with Gasteiger partial charge >= 0.3 is 5.97 Å². The second-order valence-electron chi connectivity index (χ2n) is 12.4. The van der Waals surface area contributed by atoms with Crippen LogP contribution in [0.4, 0.5) is 0 Å². The van der Waals surface area contributed by atoms with Crippen molar-refractivity contribution in [3.05, 3.63) is 11.1 Å². The van der Waals surface area contributed by atoms with Gasteiger partial charge in [-0.25, -0.2) is 4.79 Å². The third kappa shape index (κ3) is 2.32. The standard InChI is InChI=1S/C25H38O5/c1-22(2)8-6-9-23(3)14(22)7-10-24(4)15(23)12-17(27)25(5)16(24)11-13(26)18-19(25)21(29)30-20(18)28/h13-17,20,26-28H,6-12H2,1-5H3/t13-,14+,15-,16+,17-,20?,23+,24-,25-/m1/s1. The van der Waals surface area contributed by atoms with Gasteiger partial charge in [-0.1, -0.05) is 41.0 Å². The molecule has 0 spiro atoms. The normalized spacial score (nSPS) is 54.6. The van der Waals surface area contributed by atoms with Crippen LogP contribution in [-0.2, 0) is 9.53 Å². The van der Waals surface area contributed by atoms with Crippen LogP contribution in [0.15, 0.2) is 11.1 Å². The molecule has 4 aliphatic carbocycles. The fourth-order valence-corrected chi connectivity index (χ4v) is 9.56. The molecule has 9 atom stereocenters. The van der Waals surface area contributed by atoms with E-state index >= 15 is 0 Å². The highest BCUT2D eigenvalue weighted by Gasteiger charge is 2.70. The van der Waals surface area contributed by atoms with Gasteiger partial charge in [0, 0.05) is 11.0 Å².